The van der Waals surface area contributed by atoms with E-state index in [0.29, 0.717) is 0 Å². The van der Waals surface area contributed by atoms with Crippen molar-refractivity contribution in [3.8, 4) is 0 Å². The lowest BCUT2D eigenvalue weighted by atomic mass is 11.0. The Morgan fingerprint density at radius 3 is 2.00 bits per heavy atom. The zero-order valence-corrected chi connectivity index (χ0v) is 7.03. The maximum Gasteiger partial charge on any atom is 0.196 e. The molecule has 0 amide bonds. The molecule has 0 aliphatic carbocycles. The van der Waals surface area contributed by atoms with E-state index in [0.717, 1.165) is 5.75 Å². The van der Waals surface area contributed by atoms with Gasteiger partial charge >= 0.3 is 0 Å². The molecule has 0 radical (unpaired) electrons. The first-order chi connectivity index (χ1) is 3.98. The smallest absolute Gasteiger partial charge is 0.196 e. The van der Waals surface area contributed by atoms with E-state index in [1.54, 1.807) is 0 Å². The van der Waals surface area contributed by atoms with E-state index in [4.69, 9.17) is 11.5 Å². The quantitative estimate of drug-likeness (QED) is 0.437. The molecule has 0 saturated carbocycles. The van der Waals surface area contributed by atoms with Gasteiger partial charge in [0.1, 0.15) is 0 Å². The van der Waals surface area contributed by atoms with Crippen molar-refractivity contribution in [3.63, 3.8) is 0 Å². The minimum atomic E-state index is -0.881. The molecule has 9 heavy (non-hydrogen) atoms. The summed E-state index contributed by atoms with van der Waals surface area (Å²) in [6.45, 7) is 2.09. The normalized spacial score (nSPS) is 12.8. The molecule has 0 aromatic carbocycles. The van der Waals surface area contributed by atoms with Gasteiger partial charge in [0, 0.05) is 0 Å². The first-order valence-corrected chi connectivity index (χ1v) is 5.37. The Hall–Kier alpha value is -0.380. The van der Waals surface area contributed by atoms with Crippen LogP contribution in [0.1, 0.15) is 6.92 Å². The van der Waals surface area contributed by atoms with Gasteiger partial charge in [0.15, 0.2) is 5.96 Å². The van der Waals surface area contributed by atoms with Gasteiger partial charge in [0.25, 0.3) is 0 Å². The number of guanidine groups is 1. The molecule has 0 spiro atoms. The predicted molar refractivity (Wildman–Crippen MR) is 45.8 cm³/mol. The maximum atomic E-state index is 5.20. The summed E-state index contributed by atoms with van der Waals surface area (Å²) in [7, 11) is -0.881. The summed E-state index contributed by atoms with van der Waals surface area (Å²) in [5.74, 6) is 1.24. The lowest BCUT2D eigenvalue weighted by molar-refractivity contribution is 1.45. The van der Waals surface area contributed by atoms with Crippen LogP contribution < -0.4 is 11.5 Å². The third kappa shape index (κ3) is 4.14. The average molecular weight is 149 g/mol. The molecule has 0 atom stereocenters. The van der Waals surface area contributed by atoms with E-state index >= 15 is 0 Å². The van der Waals surface area contributed by atoms with Crippen LogP contribution in [0, 0.1) is 0 Å². The fraction of sp³-hybridized carbons (Fsp3) is 0.800. The van der Waals surface area contributed by atoms with Crippen LogP contribution in [0.2, 0.25) is 0 Å². The van der Waals surface area contributed by atoms with Crippen molar-refractivity contribution in [2.45, 2.75) is 6.92 Å². The summed E-state index contributed by atoms with van der Waals surface area (Å²) in [6.07, 6.45) is 4.15. The molecular weight excluding hydrogens is 134 g/mol. The van der Waals surface area contributed by atoms with Crippen LogP contribution in [0.5, 0.6) is 0 Å². The summed E-state index contributed by atoms with van der Waals surface area (Å²) < 4.78 is 4.08. The van der Waals surface area contributed by atoms with Crippen LogP contribution in [0.3, 0.4) is 0 Å². The molecule has 0 saturated heterocycles. The maximum absolute atomic E-state index is 5.20. The van der Waals surface area contributed by atoms with E-state index in [1.165, 1.54) is 0 Å². The molecule has 0 rings (SSSR count). The summed E-state index contributed by atoms with van der Waals surface area (Å²) in [4.78, 5) is 0. The molecule has 56 valence electrons. The van der Waals surface area contributed by atoms with Gasteiger partial charge in [-0.15, -0.1) is 10.2 Å². The Morgan fingerprint density at radius 1 is 1.44 bits per heavy atom. The summed E-state index contributed by atoms with van der Waals surface area (Å²) in [6, 6.07) is 0. The third-order valence-corrected chi connectivity index (χ3v) is 3.18. The fourth-order valence-electron chi connectivity index (χ4n) is 0.350. The van der Waals surface area contributed by atoms with Gasteiger partial charge in [-0.2, -0.15) is 0 Å². The second-order valence-electron chi connectivity index (χ2n) is 2.28. The van der Waals surface area contributed by atoms with Crippen LogP contribution in [0.4, 0.5) is 0 Å². The van der Waals surface area contributed by atoms with Gasteiger partial charge in [-0.25, -0.2) is 4.40 Å². The predicted octanol–water partition coefficient (Wildman–Crippen LogP) is 0.259. The van der Waals surface area contributed by atoms with Crippen LogP contribution >= 0.6 is 10.2 Å². The molecular formula is C5H15N3S. The SMILES string of the molecule is CCS(C)(C)N=C(N)N. The Bertz CT molecular complexity index is 115. The second kappa shape index (κ2) is 2.96. The van der Waals surface area contributed by atoms with Crippen LogP contribution in [0.25, 0.3) is 0 Å². The van der Waals surface area contributed by atoms with E-state index < -0.39 is 10.2 Å². The van der Waals surface area contributed by atoms with Gasteiger partial charge in [0.05, 0.1) is 0 Å². The van der Waals surface area contributed by atoms with Crippen molar-refractivity contribution in [1.82, 2.24) is 0 Å². The average Bonchev–Trinajstić information content (AvgIpc) is 1.63. The summed E-state index contributed by atoms with van der Waals surface area (Å²) in [5.41, 5.74) is 10.4. The third-order valence-electron chi connectivity index (χ3n) is 1.06. The number of hydrogen-bond acceptors (Lipinski definition) is 1. The van der Waals surface area contributed by atoms with Crippen LogP contribution in [-0.4, -0.2) is 24.2 Å². The molecule has 4 N–H and O–H groups in total. The highest BCUT2D eigenvalue weighted by Gasteiger charge is 2.04. The molecule has 0 aromatic rings. The first kappa shape index (κ1) is 8.62. The number of nitrogens with two attached hydrogens (primary N) is 2. The molecule has 0 aliphatic rings. The Morgan fingerprint density at radius 2 is 1.89 bits per heavy atom. The van der Waals surface area contributed by atoms with Gasteiger partial charge in [-0.1, -0.05) is 6.92 Å². The van der Waals surface area contributed by atoms with E-state index in [1.807, 2.05) is 0 Å². The molecule has 0 fully saturated rings. The largest absolute Gasteiger partial charge is 0.369 e. The molecule has 0 bridgehead atoms. The van der Waals surface area contributed by atoms with Crippen molar-refractivity contribution in [2.24, 2.45) is 15.9 Å². The lowest BCUT2D eigenvalue weighted by Gasteiger charge is -2.23. The van der Waals surface area contributed by atoms with Crippen LogP contribution in [-0.2, 0) is 0 Å². The van der Waals surface area contributed by atoms with E-state index in [9.17, 15) is 0 Å². The zero-order chi connectivity index (χ0) is 7.49. The minimum absolute atomic E-state index is 0.205. The minimum Gasteiger partial charge on any atom is -0.369 e. The summed E-state index contributed by atoms with van der Waals surface area (Å²) in [5, 5.41) is 0. The molecule has 3 nitrogen and oxygen atoms in total. The van der Waals surface area contributed by atoms with Crippen molar-refractivity contribution in [1.29, 1.82) is 0 Å². The van der Waals surface area contributed by atoms with Gasteiger partial charge in [0.2, 0.25) is 0 Å². The molecule has 0 aliphatic heterocycles. The standard InChI is InChI=1S/C5H15N3S/c1-4-9(2,3)8-5(6)7/h4H2,1-3H3,(H4,6,7,8). The van der Waals surface area contributed by atoms with Gasteiger partial charge < -0.3 is 11.5 Å². The summed E-state index contributed by atoms with van der Waals surface area (Å²) >= 11 is 0. The van der Waals surface area contributed by atoms with E-state index in [-0.39, 0.29) is 5.96 Å². The highest BCUT2D eigenvalue weighted by Crippen LogP contribution is 2.39. The highest BCUT2D eigenvalue weighted by molar-refractivity contribution is 8.31. The van der Waals surface area contributed by atoms with Gasteiger partial charge in [-0.05, 0) is 18.3 Å². The number of hydrogen-bond donors (Lipinski definition) is 2. The van der Waals surface area contributed by atoms with Crippen molar-refractivity contribution in [3.05, 3.63) is 0 Å². The zero-order valence-electron chi connectivity index (χ0n) is 6.22. The Labute approximate surface area is 58.0 Å². The van der Waals surface area contributed by atoms with Crippen molar-refractivity contribution >= 4 is 16.2 Å². The van der Waals surface area contributed by atoms with Crippen LogP contribution in [0.15, 0.2) is 4.40 Å². The highest BCUT2D eigenvalue weighted by atomic mass is 32.3. The number of rotatable bonds is 2. The monoisotopic (exact) mass is 149 g/mol. The first-order valence-electron chi connectivity index (χ1n) is 2.80. The molecule has 0 unspecified atom stereocenters. The number of nitrogens with zero attached hydrogens (tertiary/aromatic N) is 1. The Balaban J connectivity index is 4.01. The second-order valence-corrected chi connectivity index (χ2v) is 6.00. The molecule has 0 aromatic heterocycles. The molecule has 4 heteroatoms. The van der Waals surface area contributed by atoms with Gasteiger partial charge in [-0.3, -0.25) is 0 Å². The van der Waals surface area contributed by atoms with Crippen molar-refractivity contribution < 1.29 is 0 Å². The van der Waals surface area contributed by atoms with E-state index in [2.05, 4.69) is 23.8 Å². The Kier molecular flexibility index (Phi) is 2.84. The lowest BCUT2D eigenvalue weighted by Crippen LogP contribution is -2.23. The topological polar surface area (TPSA) is 64.4 Å². The molecule has 0 heterocycles. The van der Waals surface area contributed by atoms with Crippen molar-refractivity contribution in [2.75, 3.05) is 18.3 Å². The fourth-order valence-corrected chi connectivity index (χ4v) is 1.05.